The van der Waals surface area contributed by atoms with Crippen LogP contribution in [-0.4, -0.2) is 21.4 Å². The Bertz CT molecular complexity index is 511. The van der Waals surface area contributed by atoms with E-state index >= 15 is 0 Å². The fourth-order valence-electron chi connectivity index (χ4n) is 2.90. The Morgan fingerprint density at radius 1 is 1.26 bits per heavy atom. The molecule has 1 fully saturated rings. The molecule has 100 valence electrons. The van der Waals surface area contributed by atoms with Crippen LogP contribution in [0.3, 0.4) is 0 Å². The summed E-state index contributed by atoms with van der Waals surface area (Å²) in [6.07, 6.45) is 6.71. The van der Waals surface area contributed by atoms with E-state index < -0.39 is 0 Å². The minimum absolute atomic E-state index is 0.194. The predicted molar refractivity (Wildman–Crippen MR) is 72.7 cm³/mol. The van der Waals surface area contributed by atoms with Gasteiger partial charge in [0.1, 0.15) is 18.3 Å². The molecule has 1 aliphatic rings. The Labute approximate surface area is 113 Å². The van der Waals surface area contributed by atoms with Crippen molar-refractivity contribution in [3.8, 4) is 0 Å². The summed E-state index contributed by atoms with van der Waals surface area (Å²) in [5.41, 5.74) is 0.864. The van der Waals surface area contributed by atoms with Crippen molar-refractivity contribution in [1.82, 2.24) is 14.8 Å². The molecule has 2 heterocycles. The molecule has 2 unspecified atom stereocenters. The van der Waals surface area contributed by atoms with Crippen LogP contribution in [0.5, 0.6) is 0 Å². The topological polar surface area (TPSA) is 39.9 Å². The molecular formula is C15H19N3O. The van der Waals surface area contributed by atoms with Gasteiger partial charge in [-0.15, -0.1) is 0 Å². The summed E-state index contributed by atoms with van der Waals surface area (Å²) in [6.45, 7) is 2.97. The van der Waals surface area contributed by atoms with Gasteiger partial charge in [-0.3, -0.25) is 0 Å². The van der Waals surface area contributed by atoms with Crippen LogP contribution >= 0.6 is 0 Å². The maximum atomic E-state index is 6.22. The molecule has 4 nitrogen and oxygen atoms in total. The second kappa shape index (κ2) is 5.13. The molecule has 3 rings (SSSR count). The first kappa shape index (κ1) is 12.4. The van der Waals surface area contributed by atoms with Crippen molar-refractivity contribution in [2.45, 2.75) is 37.8 Å². The molecule has 0 amide bonds. The van der Waals surface area contributed by atoms with Crippen LogP contribution < -0.4 is 0 Å². The highest BCUT2D eigenvalue weighted by Crippen LogP contribution is 2.41. The maximum absolute atomic E-state index is 6.22. The van der Waals surface area contributed by atoms with Gasteiger partial charge >= 0.3 is 0 Å². The first-order chi connectivity index (χ1) is 9.31. The van der Waals surface area contributed by atoms with Crippen molar-refractivity contribution >= 4 is 0 Å². The minimum atomic E-state index is -0.342. The third kappa shape index (κ3) is 2.28. The van der Waals surface area contributed by atoms with Crippen LogP contribution in [0.25, 0.3) is 0 Å². The first-order valence-corrected chi connectivity index (χ1v) is 6.84. The van der Waals surface area contributed by atoms with E-state index in [-0.39, 0.29) is 11.6 Å². The third-order valence-electron chi connectivity index (χ3n) is 4.01. The molecule has 0 N–H and O–H groups in total. The standard InChI is InChI=1S/C15H19N3O/c1-15(13-7-3-2-4-8-13)14(9-5-6-10-19-15)18-12-16-11-17-18/h2-4,7-8,11-12,14H,5-6,9-10H2,1H3. The molecule has 2 aromatic rings. The van der Waals surface area contributed by atoms with Crippen molar-refractivity contribution in [2.24, 2.45) is 0 Å². The summed E-state index contributed by atoms with van der Waals surface area (Å²) >= 11 is 0. The van der Waals surface area contributed by atoms with Crippen molar-refractivity contribution in [3.63, 3.8) is 0 Å². The van der Waals surface area contributed by atoms with Crippen molar-refractivity contribution in [2.75, 3.05) is 6.61 Å². The molecule has 1 saturated heterocycles. The lowest BCUT2D eigenvalue weighted by atomic mass is 9.86. The maximum Gasteiger partial charge on any atom is 0.137 e. The van der Waals surface area contributed by atoms with Crippen LogP contribution in [0.1, 0.15) is 37.8 Å². The van der Waals surface area contributed by atoms with Gasteiger partial charge in [0, 0.05) is 6.61 Å². The number of benzene rings is 1. The molecule has 0 spiro atoms. The van der Waals surface area contributed by atoms with E-state index in [1.54, 1.807) is 12.7 Å². The molecule has 1 aliphatic heterocycles. The van der Waals surface area contributed by atoms with Crippen LogP contribution in [0, 0.1) is 0 Å². The minimum Gasteiger partial charge on any atom is -0.368 e. The van der Waals surface area contributed by atoms with E-state index in [1.807, 2.05) is 10.7 Å². The van der Waals surface area contributed by atoms with Crippen molar-refractivity contribution in [3.05, 3.63) is 48.5 Å². The van der Waals surface area contributed by atoms with Gasteiger partial charge in [0.2, 0.25) is 0 Å². The van der Waals surface area contributed by atoms with Gasteiger partial charge in [-0.25, -0.2) is 9.67 Å². The predicted octanol–water partition coefficient (Wildman–Crippen LogP) is 2.94. The van der Waals surface area contributed by atoms with Gasteiger partial charge in [-0.2, -0.15) is 5.10 Å². The molecule has 0 bridgehead atoms. The van der Waals surface area contributed by atoms with Gasteiger partial charge < -0.3 is 4.74 Å². The molecule has 4 heteroatoms. The van der Waals surface area contributed by atoms with E-state index in [2.05, 4.69) is 41.3 Å². The molecule has 19 heavy (non-hydrogen) atoms. The van der Waals surface area contributed by atoms with E-state index in [4.69, 9.17) is 4.74 Å². The lowest BCUT2D eigenvalue weighted by Crippen LogP contribution is -2.36. The second-order valence-electron chi connectivity index (χ2n) is 5.21. The van der Waals surface area contributed by atoms with Gasteiger partial charge in [-0.05, 0) is 31.7 Å². The van der Waals surface area contributed by atoms with Crippen LogP contribution in [0.2, 0.25) is 0 Å². The van der Waals surface area contributed by atoms with E-state index in [1.165, 1.54) is 5.56 Å². The summed E-state index contributed by atoms with van der Waals surface area (Å²) in [6, 6.07) is 10.6. The Kier molecular flexibility index (Phi) is 3.34. The molecule has 0 aliphatic carbocycles. The number of aromatic nitrogens is 3. The molecular weight excluding hydrogens is 238 g/mol. The molecule has 1 aromatic heterocycles. The van der Waals surface area contributed by atoms with Crippen molar-refractivity contribution in [1.29, 1.82) is 0 Å². The monoisotopic (exact) mass is 257 g/mol. The number of hydrogen-bond acceptors (Lipinski definition) is 3. The van der Waals surface area contributed by atoms with Gasteiger partial charge in [-0.1, -0.05) is 30.3 Å². The van der Waals surface area contributed by atoms with Gasteiger partial charge in [0.05, 0.1) is 6.04 Å². The fraction of sp³-hybridized carbons (Fsp3) is 0.467. The van der Waals surface area contributed by atoms with E-state index in [0.717, 1.165) is 25.9 Å². The lowest BCUT2D eigenvalue weighted by molar-refractivity contribution is -0.0673. The zero-order valence-corrected chi connectivity index (χ0v) is 11.2. The molecule has 1 aromatic carbocycles. The average Bonchev–Trinajstić information content (AvgIpc) is 2.90. The third-order valence-corrected chi connectivity index (χ3v) is 4.01. The van der Waals surface area contributed by atoms with E-state index in [0.29, 0.717) is 0 Å². The Morgan fingerprint density at radius 2 is 2.11 bits per heavy atom. The highest BCUT2D eigenvalue weighted by molar-refractivity contribution is 5.23. The SMILES string of the molecule is CC1(c2ccccc2)OCCCCC1n1cncn1. The molecule has 0 saturated carbocycles. The van der Waals surface area contributed by atoms with Gasteiger partial charge in [0.25, 0.3) is 0 Å². The molecule has 0 radical (unpaired) electrons. The highest BCUT2D eigenvalue weighted by atomic mass is 16.5. The Morgan fingerprint density at radius 3 is 2.84 bits per heavy atom. The fourth-order valence-corrected chi connectivity index (χ4v) is 2.90. The number of rotatable bonds is 2. The van der Waals surface area contributed by atoms with Crippen LogP contribution in [0.4, 0.5) is 0 Å². The Hall–Kier alpha value is -1.68. The van der Waals surface area contributed by atoms with Crippen LogP contribution in [0.15, 0.2) is 43.0 Å². The highest BCUT2D eigenvalue weighted by Gasteiger charge is 2.39. The summed E-state index contributed by atoms with van der Waals surface area (Å²) in [5, 5.41) is 4.33. The van der Waals surface area contributed by atoms with Crippen LogP contribution in [-0.2, 0) is 10.3 Å². The average molecular weight is 257 g/mol. The normalized spacial score (nSPS) is 27.9. The zero-order valence-electron chi connectivity index (χ0n) is 11.2. The summed E-state index contributed by atoms with van der Waals surface area (Å²) < 4.78 is 8.17. The number of nitrogens with zero attached hydrogens (tertiary/aromatic N) is 3. The largest absolute Gasteiger partial charge is 0.368 e. The summed E-state index contributed by atoms with van der Waals surface area (Å²) in [4.78, 5) is 4.08. The van der Waals surface area contributed by atoms with Gasteiger partial charge in [0.15, 0.2) is 0 Å². The Balaban J connectivity index is 2.03. The number of ether oxygens (including phenoxy) is 1. The summed E-state index contributed by atoms with van der Waals surface area (Å²) in [5.74, 6) is 0. The zero-order chi connectivity index (χ0) is 13.1. The quantitative estimate of drug-likeness (QED) is 0.830. The van der Waals surface area contributed by atoms with E-state index in [9.17, 15) is 0 Å². The summed E-state index contributed by atoms with van der Waals surface area (Å²) in [7, 11) is 0. The first-order valence-electron chi connectivity index (χ1n) is 6.84. The smallest absolute Gasteiger partial charge is 0.137 e. The number of hydrogen-bond donors (Lipinski definition) is 0. The van der Waals surface area contributed by atoms with Crippen molar-refractivity contribution < 1.29 is 4.74 Å². The second-order valence-corrected chi connectivity index (χ2v) is 5.21. The lowest BCUT2D eigenvalue weighted by Gasteiger charge is -2.36. The molecule has 2 atom stereocenters.